The van der Waals surface area contributed by atoms with Gasteiger partial charge in [-0.3, -0.25) is 14.9 Å². The first kappa shape index (κ1) is 20.5. The molecule has 0 bridgehead atoms. The van der Waals surface area contributed by atoms with Gasteiger partial charge in [-0.1, -0.05) is 0 Å². The molecular formula is C21H21FN6O3. The van der Waals surface area contributed by atoms with Crippen LogP contribution in [-0.2, 0) is 0 Å². The lowest BCUT2D eigenvalue weighted by atomic mass is 10.1. The maximum Gasteiger partial charge on any atom is 0.287 e. The number of carbonyl (C=O) groups excluding carboxylic acids is 1. The molecule has 2 aromatic heterocycles. The lowest BCUT2D eigenvalue weighted by molar-refractivity contribution is -0.385. The lowest BCUT2D eigenvalue weighted by Gasteiger charge is -2.35. The fourth-order valence-electron chi connectivity index (χ4n) is 3.76. The Kier molecular flexibility index (Phi) is 5.37. The number of halogens is 1. The number of hydrogen-bond acceptors (Lipinski definition) is 6. The maximum atomic E-state index is 13.2. The van der Waals surface area contributed by atoms with Crippen LogP contribution in [0.15, 0.2) is 42.6 Å². The third kappa shape index (κ3) is 3.96. The van der Waals surface area contributed by atoms with Gasteiger partial charge in [0.1, 0.15) is 17.8 Å². The number of rotatable bonds is 4. The van der Waals surface area contributed by atoms with E-state index in [1.54, 1.807) is 34.7 Å². The van der Waals surface area contributed by atoms with Crippen molar-refractivity contribution in [1.29, 1.82) is 0 Å². The summed E-state index contributed by atoms with van der Waals surface area (Å²) in [5.41, 5.74) is 2.50. The molecule has 3 heterocycles. The van der Waals surface area contributed by atoms with Gasteiger partial charge >= 0.3 is 0 Å². The van der Waals surface area contributed by atoms with Crippen molar-refractivity contribution in [2.45, 2.75) is 13.8 Å². The molecule has 0 radical (unpaired) electrons. The summed E-state index contributed by atoms with van der Waals surface area (Å²) in [6.45, 7) is 5.75. The number of anilines is 1. The summed E-state index contributed by atoms with van der Waals surface area (Å²) >= 11 is 0. The molecule has 0 aliphatic carbocycles. The number of piperazine rings is 1. The third-order valence-electron chi connectivity index (χ3n) is 5.41. The van der Waals surface area contributed by atoms with Crippen LogP contribution in [-0.4, -0.2) is 56.7 Å². The zero-order valence-corrected chi connectivity index (χ0v) is 17.2. The maximum absolute atomic E-state index is 13.2. The van der Waals surface area contributed by atoms with E-state index in [1.165, 1.54) is 24.4 Å². The van der Waals surface area contributed by atoms with E-state index in [0.29, 0.717) is 54.6 Å². The lowest BCUT2D eigenvalue weighted by Crippen LogP contribution is -2.49. The van der Waals surface area contributed by atoms with Crippen LogP contribution in [0.1, 0.15) is 21.7 Å². The molecule has 31 heavy (non-hydrogen) atoms. The van der Waals surface area contributed by atoms with E-state index in [4.69, 9.17) is 0 Å². The van der Waals surface area contributed by atoms with Gasteiger partial charge < -0.3 is 9.80 Å². The van der Waals surface area contributed by atoms with Gasteiger partial charge in [-0.2, -0.15) is 5.10 Å². The first-order chi connectivity index (χ1) is 14.8. The monoisotopic (exact) mass is 424 g/mol. The largest absolute Gasteiger partial charge is 0.353 e. The fourth-order valence-corrected chi connectivity index (χ4v) is 3.76. The van der Waals surface area contributed by atoms with Gasteiger partial charge in [0.05, 0.1) is 27.6 Å². The number of benzene rings is 1. The van der Waals surface area contributed by atoms with Crippen molar-refractivity contribution in [2.24, 2.45) is 0 Å². The highest BCUT2D eigenvalue weighted by molar-refractivity contribution is 5.96. The fraction of sp³-hybridized carbons (Fsp3) is 0.286. The van der Waals surface area contributed by atoms with Crippen LogP contribution < -0.4 is 4.90 Å². The highest BCUT2D eigenvalue weighted by Crippen LogP contribution is 2.22. The van der Waals surface area contributed by atoms with Gasteiger partial charge in [0.2, 0.25) is 0 Å². The van der Waals surface area contributed by atoms with Crippen molar-refractivity contribution in [3.63, 3.8) is 0 Å². The second-order valence-corrected chi connectivity index (χ2v) is 7.34. The van der Waals surface area contributed by atoms with E-state index in [2.05, 4.69) is 10.1 Å². The number of aryl methyl sites for hydroxylation is 1. The predicted molar refractivity (Wildman–Crippen MR) is 112 cm³/mol. The molecule has 1 saturated heterocycles. The van der Waals surface area contributed by atoms with Crippen LogP contribution in [0.2, 0.25) is 0 Å². The van der Waals surface area contributed by atoms with Crippen LogP contribution >= 0.6 is 0 Å². The van der Waals surface area contributed by atoms with Gasteiger partial charge in [0.15, 0.2) is 0 Å². The zero-order valence-electron chi connectivity index (χ0n) is 17.2. The van der Waals surface area contributed by atoms with E-state index in [0.717, 1.165) is 0 Å². The van der Waals surface area contributed by atoms with Crippen molar-refractivity contribution in [3.8, 4) is 5.69 Å². The first-order valence-electron chi connectivity index (χ1n) is 9.82. The number of pyridine rings is 1. The molecule has 3 aromatic rings. The highest BCUT2D eigenvalue weighted by Gasteiger charge is 2.27. The van der Waals surface area contributed by atoms with Gasteiger partial charge in [0, 0.05) is 32.2 Å². The van der Waals surface area contributed by atoms with Gasteiger partial charge in [-0.25, -0.2) is 14.1 Å². The Morgan fingerprint density at radius 1 is 1.06 bits per heavy atom. The summed E-state index contributed by atoms with van der Waals surface area (Å²) in [7, 11) is 0. The number of nitro groups is 1. The molecule has 1 fully saturated rings. The first-order valence-corrected chi connectivity index (χ1v) is 9.82. The van der Waals surface area contributed by atoms with Crippen LogP contribution in [0.3, 0.4) is 0 Å². The highest BCUT2D eigenvalue weighted by atomic mass is 19.1. The van der Waals surface area contributed by atoms with Gasteiger partial charge in [-0.05, 0) is 44.2 Å². The molecule has 0 spiro atoms. The van der Waals surface area contributed by atoms with Gasteiger partial charge in [-0.15, -0.1) is 0 Å². The Morgan fingerprint density at radius 2 is 1.74 bits per heavy atom. The second kappa shape index (κ2) is 8.13. The van der Waals surface area contributed by atoms with E-state index in [-0.39, 0.29) is 17.4 Å². The molecule has 0 N–H and O–H groups in total. The van der Waals surface area contributed by atoms with Crippen LogP contribution in [0.25, 0.3) is 5.69 Å². The average molecular weight is 424 g/mol. The Bertz CT molecular complexity index is 1120. The summed E-state index contributed by atoms with van der Waals surface area (Å²) in [6, 6.07) is 9.02. The molecule has 1 aliphatic heterocycles. The molecule has 160 valence electrons. The van der Waals surface area contributed by atoms with Crippen LogP contribution in [0.5, 0.6) is 0 Å². The molecule has 1 amide bonds. The predicted octanol–water partition coefficient (Wildman–Crippen LogP) is 2.89. The van der Waals surface area contributed by atoms with Gasteiger partial charge in [0.25, 0.3) is 11.6 Å². The Labute approximate surface area is 177 Å². The van der Waals surface area contributed by atoms with Crippen LogP contribution in [0.4, 0.5) is 15.9 Å². The number of hydrogen-bond donors (Lipinski definition) is 0. The standard InChI is InChI=1S/C21H21FN6O3/c1-14-20(15(2)27(24-14)17-5-3-16(22)4-6-17)21(29)26-11-9-25(10-12-26)19-8-7-18(13-23-19)28(30)31/h3-8,13H,9-12H2,1-2H3. The Hall–Kier alpha value is -3.82. The van der Waals surface area contributed by atoms with E-state index >= 15 is 0 Å². The zero-order chi connectivity index (χ0) is 22.1. The van der Waals surface area contributed by atoms with Crippen molar-refractivity contribution in [3.05, 3.63) is 75.5 Å². The van der Waals surface area contributed by atoms with E-state index < -0.39 is 4.92 Å². The topological polar surface area (TPSA) is 97.4 Å². The molecule has 1 aliphatic rings. The summed E-state index contributed by atoms with van der Waals surface area (Å²) in [5, 5.41) is 15.3. The summed E-state index contributed by atoms with van der Waals surface area (Å²) in [5.74, 6) is 0.218. The molecule has 0 atom stereocenters. The molecule has 10 heteroatoms. The Balaban J connectivity index is 1.47. The van der Waals surface area contributed by atoms with Crippen molar-refractivity contribution < 1.29 is 14.1 Å². The minimum Gasteiger partial charge on any atom is -0.353 e. The SMILES string of the molecule is Cc1nn(-c2ccc(F)cc2)c(C)c1C(=O)N1CCN(c2ccc([N+](=O)[O-])cn2)CC1. The quantitative estimate of drug-likeness (QED) is 0.472. The number of nitrogens with zero attached hydrogens (tertiary/aromatic N) is 6. The molecule has 1 aromatic carbocycles. The molecular weight excluding hydrogens is 403 g/mol. The third-order valence-corrected chi connectivity index (χ3v) is 5.41. The summed E-state index contributed by atoms with van der Waals surface area (Å²) in [6.07, 6.45) is 1.24. The summed E-state index contributed by atoms with van der Waals surface area (Å²) in [4.78, 5) is 31.4. The second-order valence-electron chi connectivity index (χ2n) is 7.34. The minimum absolute atomic E-state index is 0.0540. The number of carbonyl (C=O) groups is 1. The normalized spacial score (nSPS) is 14.0. The van der Waals surface area contributed by atoms with E-state index in [1.807, 2.05) is 11.8 Å². The van der Waals surface area contributed by atoms with E-state index in [9.17, 15) is 19.3 Å². The van der Waals surface area contributed by atoms with Crippen molar-refractivity contribution in [2.75, 3.05) is 31.1 Å². The molecule has 0 saturated carbocycles. The van der Waals surface area contributed by atoms with Crippen LogP contribution in [0, 0.1) is 29.8 Å². The summed E-state index contributed by atoms with van der Waals surface area (Å²) < 4.78 is 14.9. The smallest absolute Gasteiger partial charge is 0.287 e. The molecule has 4 rings (SSSR count). The number of aromatic nitrogens is 3. The minimum atomic E-state index is -0.482. The van der Waals surface area contributed by atoms with Crippen molar-refractivity contribution >= 4 is 17.4 Å². The molecule has 0 unspecified atom stereocenters. The molecule has 9 nitrogen and oxygen atoms in total. The Morgan fingerprint density at radius 3 is 2.32 bits per heavy atom. The van der Waals surface area contributed by atoms with Crippen molar-refractivity contribution in [1.82, 2.24) is 19.7 Å². The average Bonchev–Trinajstić information content (AvgIpc) is 3.08. The number of amides is 1.